The van der Waals surface area contributed by atoms with Gasteiger partial charge in [0.25, 0.3) is 0 Å². The highest BCUT2D eigenvalue weighted by Gasteiger charge is 2.05. The zero-order valence-electron chi connectivity index (χ0n) is 11.8. The van der Waals surface area contributed by atoms with E-state index in [0.717, 1.165) is 17.7 Å². The molecule has 2 N–H and O–H groups in total. The third kappa shape index (κ3) is 2.90. The lowest BCUT2D eigenvalue weighted by Gasteiger charge is -2.11. The fourth-order valence-corrected chi connectivity index (χ4v) is 2.15. The summed E-state index contributed by atoms with van der Waals surface area (Å²) in [6, 6.07) is 14.6. The van der Waals surface area contributed by atoms with Crippen molar-refractivity contribution in [2.24, 2.45) is 0 Å². The molecule has 2 rings (SSSR count). The van der Waals surface area contributed by atoms with Crippen molar-refractivity contribution in [3.63, 3.8) is 0 Å². The minimum Gasteiger partial charge on any atom is -0.495 e. The molecule has 0 aliphatic rings. The van der Waals surface area contributed by atoms with Gasteiger partial charge in [-0.05, 0) is 41.2 Å². The largest absolute Gasteiger partial charge is 0.495 e. The maximum atomic E-state index is 5.94. The fourth-order valence-electron chi connectivity index (χ4n) is 2.15. The highest BCUT2D eigenvalue weighted by atomic mass is 16.5. The SMILES string of the molecule is CCC(C)c1ccc(-c2ccc(OC)c(N)c2)cc1. The van der Waals surface area contributed by atoms with Crippen molar-refractivity contribution >= 4 is 5.69 Å². The third-order valence-electron chi connectivity index (χ3n) is 3.66. The van der Waals surface area contributed by atoms with Crippen LogP contribution in [0, 0.1) is 0 Å². The first kappa shape index (κ1) is 13.5. The molecule has 1 unspecified atom stereocenters. The number of benzene rings is 2. The lowest BCUT2D eigenvalue weighted by atomic mass is 9.96. The summed E-state index contributed by atoms with van der Waals surface area (Å²) in [6.07, 6.45) is 1.16. The number of methoxy groups -OCH3 is 1. The van der Waals surface area contributed by atoms with Crippen molar-refractivity contribution in [3.05, 3.63) is 48.0 Å². The van der Waals surface area contributed by atoms with Crippen molar-refractivity contribution in [1.29, 1.82) is 0 Å². The quantitative estimate of drug-likeness (QED) is 0.819. The molecule has 2 aromatic carbocycles. The van der Waals surface area contributed by atoms with Crippen LogP contribution >= 0.6 is 0 Å². The molecule has 100 valence electrons. The summed E-state index contributed by atoms with van der Waals surface area (Å²) in [5.74, 6) is 1.33. The lowest BCUT2D eigenvalue weighted by molar-refractivity contribution is 0.417. The summed E-state index contributed by atoms with van der Waals surface area (Å²) in [5.41, 5.74) is 10.3. The fraction of sp³-hybridized carbons (Fsp3) is 0.294. The van der Waals surface area contributed by atoms with Gasteiger partial charge in [0.1, 0.15) is 5.75 Å². The molecule has 0 amide bonds. The van der Waals surface area contributed by atoms with Gasteiger partial charge in [-0.2, -0.15) is 0 Å². The molecule has 0 heterocycles. The Morgan fingerprint density at radius 1 is 1.05 bits per heavy atom. The molecular formula is C17H21NO. The van der Waals surface area contributed by atoms with E-state index in [0.29, 0.717) is 11.6 Å². The Morgan fingerprint density at radius 2 is 1.68 bits per heavy atom. The number of rotatable bonds is 4. The number of hydrogen-bond donors (Lipinski definition) is 1. The molecule has 1 atom stereocenters. The van der Waals surface area contributed by atoms with Crippen molar-refractivity contribution in [2.45, 2.75) is 26.2 Å². The summed E-state index contributed by atoms with van der Waals surface area (Å²) >= 11 is 0. The first-order valence-electron chi connectivity index (χ1n) is 6.69. The standard InChI is InChI=1S/C17H21NO/c1-4-12(2)13-5-7-14(8-6-13)15-9-10-17(19-3)16(18)11-15/h5-12H,4,18H2,1-3H3. The lowest BCUT2D eigenvalue weighted by Crippen LogP contribution is -1.93. The molecule has 2 aromatic rings. The Bertz CT molecular complexity index is 546. The van der Waals surface area contributed by atoms with Crippen LogP contribution in [0.5, 0.6) is 5.75 Å². The molecule has 19 heavy (non-hydrogen) atoms. The van der Waals surface area contributed by atoms with Crippen LogP contribution in [0.25, 0.3) is 11.1 Å². The second-order valence-electron chi connectivity index (χ2n) is 4.89. The summed E-state index contributed by atoms with van der Waals surface area (Å²) in [4.78, 5) is 0. The van der Waals surface area contributed by atoms with Crippen molar-refractivity contribution in [2.75, 3.05) is 12.8 Å². The van der Waals surface area contributed by atoms with E-state index in [1.807, 2.05) is 18.2 Å². The van der Waals surface area contributed by atoms with E-state index in [2.05, 4.69) is 38.1 Å². The van der Waals surface area contributed by atoms with Gasteiger partial charge in [-0.25, -0.2) is 0 Å². The van der Waals surface area contributed by atoms with Gasteiger partial charge < -0.3 is 10.5 Å². The molecular weight excluding hydrogens is 234 g/mol. The molecule has 0 aromatic heterocycles. The van der Waals surface area contributed by atoms with Crippen molar-refractivity contribution in [3.8, 4) is 16.9 Å². The average molecular weight is 255 g/mol. The molecule has 0 saturated carbocycles. The van der Waals surface area contributed by atoms with Crippen LogP contribution in [0.3, 0.4) is 0 Å². The van der Waals surface area contributed by atoms with Crippen molar-refractivity contribution < 1.29 is 4.74 Å². The second kappa shape index (κ2) is 5.79. The molecule has 0 saturated heterocycles. The van der Waals surface area contributed by atoms with Gasteiger partial charge in [-0.15, -0.1) is 0 Å². The van der Waals surface area contributed by atoms with Crippen LogP contribution in [0.4, 0.5) is 5.69 Å². The predicted octanol–water partition coefficient (Wildman–Crippen LogP) is 4.46. The smallest absolute Gasteiger partial charge is 0.141 e. The summed E-state index contributed by atoms with van der Waals surface area (Å²) in [6.45, 7) is 4.46. The number of nitrogens with two attached hydrogens (primary N) is 1. The summed E-state index contributed by atoms with van der Waals surface area (Å²) in [5, 5.41) is 0. The minimum atomic E-state index is 0.606. The third-order valence-corrected chi connectivity index (χ3v) is 3.66. The molecule has 0 bridgehead atoms. The normalized spacial score (nSPS) is 12.2. The summed E-state index contributed by atoms with van der Waals surface area (Å²) in [7, 11) is 1.63. The van der Waals surface area contributed by atoms with Gasteiger partial charge in [0.15, 0.2) is 0 Å². The molecule has 0 spiro atoms. The van der Waals surface area contributed by atoms with Gasteiger partial charge in [-0.1, -0.05) is 44.2 Å². The second-order valence-corrected chi connectivity index (χ2v) is 4.89. The van der Waals surface area contributed by atoms with Gasteiger partial charge in [0.2, 0.25) is 0 Å². The van der Waals surface area contributed by atoms with E-state index in [9.17, 15) is 0 Å². The summed E-state index contributed by atoms with van der Waals surface area (Å²) < 4.78 is 5.18. The molecule has 0 aliphatic heterocycles. The Hall–Kier alpha value is -1.96. The van der Waals surface area contributed by atoms with Crippen LogP contribution in [-0.2, 0) is 0 Å². The topological polar surface area (TPSA) is 35.2 Å². The number of anilines is 1. The van der Waals surface area contributed by atoms with Crippen LogP contribution in [-0.4, -0.2) is 7.11 Å². The van der Waals surface area contributed by atoms with Gasteiger partial charge >= 0.3 is 0 Å². The number of hydrogen-bond acceptors (Lipinski definition) is 2. The number of ether oxygens (including phenoxy) is 1. The van der Waals surface area contributed by atoms with Gasteiger partial charge in [0, 0.05) is 0 Å². The zero-order chi connectivity index (χ0) is 13.8. The van der Waals surface area contributed by atoms with Crippen molar-refractivity contribution in [1.82, 2.24) is 0 Å². The van der Waals surface area contributed by atoms with Crippen LogP contribution < -0.4 is 10.5 Å². The predicted molar refractivity (Wildman–Crippen MR) is 81.5 cm³/mol. The van der Waals surface area contributed by atoms with Crippen LogP contribution in [0.1, 0.15) is 31.7 Å². The molecule has 0 fully saturated rings. The molecule has 0 aliphatic carbocycles. The highest BCUT2D eigenvalue weighted by Crippen LogP contribution is 2.29. The Balaban J connectivity index is 2.29. The first-order chi connectivity index (χ1) is 9.15. The highest BCUT2D eigenvalue weighted by molar-refractivity contribution is 5.70. The minimum absolute atomic E-state index is 0.606. The Morgan fingerprint density at radius 3 is 2.21 bits per heavy atom. The Labute approximate surface area is 115 Å². The maximum absolute atomic E-state index is 5.94. The van der Waals surface area contributed by atoms with Gasteiger partial charge in [0.05, 0.1) is 12.8 Å². The van der Waals surface area contributed by atoms with E-state index in [4.69, 9.17) is 10.5 Å². The monoisotopic (exact) mass is 255 g/mol. The maximum Gasteiger partial charge on any atom is 0.141 e. The van der Waals surface area contributed by atoms with E-state index >= 15 is 0 Å². The first-order valence-corrected chi connectivity index (χ1v) is 6.69. The van der Waals surface area contributed by atoms with E-state index in [1.54, 1.807) is 7.11 Å². The molecule has 0 radical (unpaired) electrons. The van der Waals surface area contributed by atoms with E-state index in [1.165, 1.54) is 11.1 Å². The zero-order valence-corrected chi connectivity index (χ0v) is 11.8. The molecule has 2 nitrogen and oxygen atoms in total. The van der Waals surface area contributed by atoms with E-state index < -0.39 is 0 Å². The molecule has 2 heteroatoms. The average Bonchev–Trinajstić information content (AvgIpc) is 2.46. The Kier molecular flexibility index (Phi) is 4.10. The van der Waals surface area contributed by atoms with E-state index in [-0.39, 0.29) is 0 Å². The van der Waals surface area contributed by atoms with Gasteiger partial charge in [-0.3, -0.25) is 0 Å². The van der Waals surface area contributed by atoms with Crippen LogP contribution in [0.15, 0.2) is 42.5 Å². The van der Waals surface area contributed by atoms with Crippen LogP contribution in [0.2, 0.25) is 0 Å². The number of nitrogen functional groups attached to an aromatic ring is 1.